The molecule has 3 heterocycles. The fourth-order valence-corrected chi connectivity index (χ4v) is 4.51. The van der Waals surface area contributed by atoms with Crippen LogP contribution in [-0.4, -0.2) is 32.4 Å². The van der Waals surface area contributed by atoms with Crippen LogP contribution in [0.25, 0.3) is 11.0 Å². The van der Waals surface area contributed by atoms with E-state index >= 15 is 0 Å². The first kappa shape index (κ1) is 22.5. The summed E-state index contributed by atoms with van der Waals surface area (Å²) in [5.74, 6) is 1.40. The Labute approximate surface area is 200 Å². The number of hydrogen-bond donors (Lipinski definition) is 0. The summed E-state index contributed by atoms with van der Waals surface area (Å²) in [5, 5.41) is 4.45. The maximum Gasteiger partial charge on any atom is 0.296 e. The lowest BCUT2D eigenvalue weighted by Gasteiger charge is -2.24. The topological polar surface area (TPSA) is 104 Å². The molecule has 0 spiro atoms. The number of benzene rings is 2. The summed E-state index contributed by atoms with van der Waals surface area (Å²) in [7, 11) is 4.51. The van der Waals surface area contributed by atoms with Crippen LogP contribution in [0.3, 0.4) is 0 Å². The maximum atomic E-state index is 13.9. The summed E-state index contributed by atoms with van der Waals surface area (Å²) in [6.45, 7) is 5.57. The van der Waals surface area contributed by atoms with E-state index in [0.29, 0.717) is 39.5 Å². The second-order valence-corrected chi connectivity index (χ2v) is 8.44. The molecule has 1 amide bonds. The second-order valence-electron chi connectivity index (χ2n) is 8.44. The van der Waals surface area contributed by atoms with Crippen LogP contribution in [0.5, 0.6) is 17.2 Å². The Morgan fingerprint density at radius 1 is 0.886 bits per heavy atom. The number of nitrogens with zero attached hydrogens (tertiary/aromatic N) is 2. The molecule has 1 aliphatic rings. The highest BCUT2D eigenvalue weighted by atomic mass is 16.5. The molecule has 180 valence electrons. The van der Waals surface area contributed by atoms with Crippen molar-refractivity contribution in [2.45, 2.75) is 26.8 Å². The molecule has 0 saturated heterocycles. The fourth-order valence-electron chi connectivity index (χ4n) is 4.51. The number of ether oxygens (including phenoxy) is 3. The van der Waals surface area contributed by atoms with Crippen molar-refractivity contribution < 1.29 is 27.9 Å². The van der Waals surface area contributed by atoms with Crippen LogP contribution < -0.4 is 24.5 Å². The van der Waals surface area contributed by atoms with Gasteiger partial charge >= 0.3 is 0 Å². The van der Waals surface area contributed by atoms with Gasteiger partial charge in [-0.1, -0.05) is 5.16 Å². The third-order valence-corrected chi connectivity index (χ3v) is 6.35. The Kier molecular flexibility index (Phi) is 5.27. The molecular formula is C26H24N2O7. The fraction of sp³-hybridized carbons (Fsp3) is 0.269. The van der Waals surface area contributed by atoms with E-state index in [1.807, 2.05) is 13.8 Å². The van der Waals surface area contributed by atoms with Crippen LogP contribution in [0, 0.1) is 20.8 Å². The Hall–Kier alpha value is -4.27. The van der Waals surface area contributed by atoms with Gasteiger partial charge in [-0.15, -0.1) is 0 Å². The quantitative estimate of drug-likeness (QED) is 0.415. The van der Waals surface area contributed by atoms with E-state index in [1.165, 1.54) is 26.2 Å². The summed E-state index contributed by atoms with van der Waals surface area (Å²) in [4.78, 5) is 28.9. The van der Waals surface area contributed by atoms with Crippen LogP contribution in [0.4, 0.5) is 5.82 Å². The standard InChI is InChI=1S/C26H24N2O7/c1-12-7-16-17(8-13(12)2)34-25-21(23(16)29)22(28(26(25)30)20-9-14(3)35-27-20)15-10-18(31-4)24(33-6)19(11-15)32-5/h7-11,22H,1-6H3/t22-/m0/s1. The number of fused-ring (bicyclic) bond motifs is 2. The molecule has 5 rings (SSSR count). The van der Waals surface area contributed by atoms with Crippen molar-refractivity contribution >= 4 is 22.7 Å². The van der Waals surface area contributed by atoms with E-state index in [2.05, 4.69) is 5.16 Å². The Bertz CT molecular complexity index is 1520. The van der Waals surface area contributed by atoms with Crippen LogP contribution in [-0.2, 0) is 0 Å². The van der Waals surface area contributed by atoms with E-state index in [4.69, 9.17) is 23.2 Å². The highest BCUT2D eigenvalue weighted by molar-refractivity contribution is 6.10. The van der Waals surface area contributed by atoms with Crippen LogP contribution in [0.15, 0.2) is 44.1 Å². The second kappa shape index (κ2) is 8.19. The summed E-state index contributed by atoms with van der Waals surface area (Å²) >= 11 is 0. The summed E-state index contributed by atoms with van der Waals surface area (Å²) < 4.78 is 27.8. The molecule has 9 heteroatoms. The van der Waals surface area contributed by atoms with Gasteiger partial charge in [0.15, 0.2) is 22.7 Å². The molecule has 2 aromatic heterocycles. The molecule has 35 heavy (non-hydrogen) atoms. The zero-order valence-corrected chi connectivity index (χ0v) is 20.2. The average molecular weight is 476 g/mol. The van der Waals surface area contributed by atoms with E-state index in [-0.39, 0.29) is 22.6 Å². The number of methoxy groups -OCH3 is 3. The molecule has 0 unspecified atom stereocenters. The maximum absolute atomic E-state index is 13.9. The van der Waals surface area contributed by atoms with Gasteiger partial charge in [-0.2, -0.15) is 0 Å². The number of aromatic nitrogens is 1. The lowest BCUT2D eigenvalue weighted by molar-refractivity contribution is 0.0969. The summed E-state index contributed by atoms with van der Waals surface area (Å²) in [5.41, 5.74) is 2.73. The van der Waals surface area contributed by atoms with Crippen molar-refractivity contribution in [1.29, 1.82) is 0 Å². The molecule has 0 aliphatic carbocycles. The number of carbonyl (C=O) groups is 1. The van der Waals surface area contributed by atoms with Crippen molar-refractivity contribution in [3.63, 3.8) is 0 Å². The molecule has 0 fully saturated rings. The summed E-state index contributed by atoms with van der Waals surface area (Å²) in [6.07, 6.45) is 0. The minimum absolute atomic E-state index is 0.0369. The monoisotopic (exact) mass is 476 g/mol. The van der Waals surface area contributed by atoms with Crippen molar-refractivity contribution in [3.05, 3.63) is 74.3 Å². The highest BCUT2D eigenvalue weighted by Gasteiger charge is 2.45. The zero-order valence-electron chi connectivity index (χ0n) is 20.2. The Morgan fingerprint density at radius 2 is 1.54 bits per heavy atom. The number of hydrogen-bond acceptors (Lipinski definition) is 8. The van der Waals surface area contributed by atoms with Crippen molar-refractivity contribution in [1.82, 2.24) is 5.16 Å². The van der Waals surface area contributed by atoms with Gasteiger partial charge in [0.05, 0.1) is 38.3 Å². The van der Waals surface area contributed by atoms with E-state index in [1.54, 1.807) is 37.3 Å². The van der Waals surface area contributed by atoms with Gasteiger partial charge < -0.3 is 23.2 Å². The number of amides is 1. The number of rotatable bonds is 5. The number of anilines is 1. The lowest BCUT2D eigenvalue weighted by atomic mass is 9.96. The first-order valence-corrected chi connectivity index (χ1v) is 10.9. The first-order chi connectivity index (χ1) is 16.8. The molecule has 9 nitrogen and oxygen atoms in total. The van der Waals surface area contributed by atoms with E-state index < -0.39 is 11.9 Å². The van der Waals surface area contributed by atoms with Crippen molar-refractivity contribution in [2.75, 3.05) is 26.2 Å². The molecular weight excluding hydrogens is 452 g/mol. The smallest absolute Gasteiger partial charge is 0.296 e. The number of aryl methyl sites for hydroxylation is 3. The highest BCUT2D eigenvalue weighted by Crippen LogP contribution is 2.46. The van der Waals surface area contributed by atoms with Gasteiger partial charge in [-0.3, -0.25) is 14.5 Å². The number of carbonyl (C=O) groups excluding carboxylic acids is 1. The van der Waals surface area contributed by atoms with Crippen LogP contribution in [0.1, 0.15) is 44.6 Å². The largest absolute Gasteiger partial charge is 0.493 e. The SMILES string of the molecule is COc1cc([C@H]2c3c(oc4cc(C)c(C)cc4c3=O)C(=O)N2c2cc(C)on2)cc(OC)c1OC. The molecule has 2 aromatic carbocycles. The van der Waals surface area contributed by atoms with Crippen molar-refractivity contribution in [2.24, 2.45) is 0 Å². The van der Waals surface area contributed by atoms with Gasteiger partial charge in [-0.05, 0) is 61.7 Å². The molecule has 0 saturated carbocycles. The van der Waals surface area contributed by atoms with Crippen LogP contribution in [0.2, 0.25) is 0 Å². The minimum atomic E-state index is -0.863. The zero-order chi connectivity index (χ0) is 25.0. The third kappa shape index (κ3) is 3.34. The van der Waals surface area contributed by atoms with Gasteiger partial charge in [0.1, 0.15) is 11.3 Å². The normalized spacial score (nSPS) is 15.0. The predicted molar refractivity (Wildman–Crippen MR) is 128 cm³/mol. The van der Waals surface area contributed by atoms with Gasteiger partial charge in [-0.25, -0.2) is 0 Å². The molecule has 0 bridgehead atoms. The molecule has 0 N–H and O–H groups in total. The third-order valence-electron chi connectivity index (χ3n) is 6.35. The molecule has 1 atom stereocenters. The Morgan fingerprint density at radius 3 is 2.11 bits per heavy atom. The van der Waals surface area contributed by atoms with Crippen molar-refractivity contribution in [3.8, 4) is 17.2 Å². The molecule has 4 aromatic rings. The van der Waals surface area contributed by atoms with Gasteiger partial charge in [0.2, 0.25) is 11.5 Å². The van der Waals surface area contributed by atoms with Gasteiger partial charge in [0.25, 0.3) is 5.91 Å². The molecule has 1 aliphatic heterocycles. The first-order valence-electron chi connectivity index (χ1n) is 10.9. The average Bonchev–Trinajstić information content (AvgIpc) is 3.40. The lowest BCUT2D eigenvalue weighted by Crippen LogP contribution is -2.29. The predicted octanol–water partition coefficient (Wildman–Crippen LogP) is 4.48. The van der Waals surface area contributed by atoms with E-state index in [9.17, 15) is 9.59 Å². The van der Waals surface area contributed by atoms with Crippen LogP contribution >= 0.6 is 0 Å². The summed E-state index contributed by atoms with van der Waals surface area (Å²) in [6, 6.07) is 7.75. The molecule has 0 radical (unpaired) electrons. The minimum Gasteiger partial charge on any atom is -0.493 e. The van der Waals surface area contributed by atoms with Gasteiger partial charge in [0, 0.05) is 6.07 Å². The van der Waals surface area contributed by atoms with E-state index in [0.717, 1.165) is 11.1 Å². The Balaban J connectivity index is 1.85.